The van der Waals surface area contributed by atoms with Gasteiger partial charge in [0.25, 0.3) is 0 Å². The van der Waals surface area contributed by atoms with Crippen molar-refractivity contribution < 1.29 is 4.39 Å². The van der Waals surface area contributed by atoms with Gasteiger partial charge < -0.3 is 10.3 Å². The lowest BCUT2D eigenvalue weighted by molar-refractivity contribution is 0.618. The van der Waals surface area contributed by atoms with Gasteiger partial charge in [0, 0.05) is 30.0 Å². The first-order chi connectivity index (χ1) is 7.58. The van der Waals surface area contributed by atoms with Crippen LogP contribution in [0.4, 0.5) is 10.1 Å². The van der Waals surface area contributed by atoms with Gasteiger partial charge in [0.2, 0.25) is 0 Å². The normalized spacial score (nSPS) is 10.7. The fourth-order valence-corrected chi connectivity index (χ4v) is 2.40. The Hall–Kier alpha value is -1.01. The molecule has 16 heavy (non-hydrogen) atoms. The zero-order valence-electron chi connectivity index (χ0n) is 8.45. The van der Waals surface area contributed by atoms with Gasteiger partial charge in [0.05, 0.1) is 4.47 Å². The van der Waals surface area contributed by atoms with Crippen LogP contribution in [0, 0.1) is 5.82 Å². The van der Waals surface area contributed by atoms with Crippen LogP contribution in [0.15, 0.2) is 39.1 Å². The van der Waals surface area contributed by atoms with E-state index in [1.54, 1.807) is 12.3 Å². The van der Waals surface area contributed by atoms with Crippen LogP contribution in [0.3, 0.4) is 0 Å². The average Bonchev–Trinajstić information content (AvgIpc) is 2.61. The maximum absolute atomic E-state index is 13.3. The Morgan fingerprint density at radius 3 is 2.88 bits per heavy atom. The number of halogens is 2. The molecule has 2 rings (SSSR count). The lowest BCUT2D eigenvalue weighted by Crippen LogP contribution is -1.93. The van der Waals surface area contributed by atoms with Crippen LogP contribution in [0.2, 0.25) is 0 Å². The third-order valence-electron chi connectivity index (χ3n) is 2.03. The zero-order chi connectivity index (χ0) is 11.7. The van der Waals surface area contributed by atoms with Gasteiger partial charge in [0.15, 0.2) is 5.16 Å². The molecule has 0 fully saturated rings. The minimum absolute atomic E-state index is 0.328. The molecule has 0 unspecified atom stereocenters. The number of hydrogen-bond acceptors (Lipinski definition) is 3. The molecule has 2 aromatic rings. The highest BCUT2D eigenvalue weighted by Gasteiger charge is 2.09. The quantitative estimate of drug-likeness (QED) is 0.867. The van der Waals surface area contributed by atoms with Crippen molar-refractivity contribution >= 4 is 33.4 Å². The number of rotatable bonds is 2. The number of nitrogens with two attached hydrogens (primary N) is 1. The van der Waals surface area contributed by atoms with E-state index in [0.29, 0.717) is 15.1 Å². The van der Waals surface area contributed by atoms with Gasteiger partial charge in [-0.05, 0) is 39.8 Å². The van der Waals surface area contributed by atoms with Crippen LogP contribution in [0.5, 0.6) is 0 Å². The number of nitrogens with zero attached hydrogens (tertiary/aromatic N) is 2. The molecule has 0 atom stereocenters. The molecule has 0 spiro atoms. The predicted octanol–water partition coefficient (Wildman–Crippen LogP) is 3.06. The van der Waals surface area contributed by atoms with Crippen LogP contribution in [0.1, 0.15) is 0 Å². The number of anilines is 1. The summed E-state index contributed by atoms with van der Waals surface area (Å²) in [6.45, 7) is 0. The van der Waals surface area contributed by atoms with Crippen LogP contribution in [0.25, 0.3) is 0 Å². The Balaban J connectivity index is 2.35. The van der Waals surface area contributed by atoms with Gasteiger partial charge in [0.1, 0.15) is 5.82 Å². The first-order valence-corrected chi connectivity index (χ1v) is 6.08. The molecule has 0 radical (unpaired) electrons. The highest BCUT2D eigenvalue weighted by molar-refractivity contribution is 9.10. The molecule has 0 amide bonds. The summed E-state index contributed by atoms with van der Waals surface area (Å²) < 4.78 is 15.6. The van der Waals surface area contributed by atoms with E-state index in [2.05, 4.69) is 20.9 Å². The van der Waals surface area contributed by atoms with Gasteiger partial charge in [-0.25, -0.2) is 9.37 Å². The fourth-order valence-electron chi connectivity index (χ4n) is 1.18. The van der Waals surface area contributed by atoms with Gasteiger partial charge in [-0.15, -0.1) is 0 Å². The molecule has 0 aliphatic heterocycles. The first kappa shape index (κ1) is 11.5. The summed E-state index contributed by atoms with van der Waals surface area (Å²) in [4.78, 5) is 4.80. The highest BCUT2D eigenvalue weighted by atomic mass is 79.9. The van der Waals surface area contributed by atoms with Crippen LogP contribution >= 0.6 is 27.7 Å². The van der Waals surface area contributed by atoms with Crippen LogP contribution in [-0.2, 0) is 7.05 Å². The number of aromatic nitrogens is 2. The number of benzene rings is 1. The van der Waals surface area contributed by atoms with E-state index < -0.39 is 0 Å². The molecule has 84 valence electrons. The second-order valence-electron chi connectivity index (χ2n) is 3.23. The monoisotopic (exact) mass is 301 g/mol. The third kappa shape index (κ3) is 2.22. The SMILES string of the molecule is Cn1ccnc1Sc1cc(F)c(Br)cc1N. The Labute approximate surface area is 105 Å². The van der Waals surface area contributed by atoms with Crippen molar-refractivity contribution in [1.82, 2.24) is 9.55 Å². The molecular weight excluding hydrogens is 293 g/mol. The minimum Gasteiger partial charge on any atom is -0.398 e. The topological polar surface area (TPSA) is 43.8 Å². The molecule has 6 heteroatoms. The number of hydrogen-bond donors (Lipinski definition) is 1. The number of aryl methyl sites for hydroxylation is 1. The van der Waals surface area contributed by atoms with Crippen LogP contribution in [-0.4, -0.2) is 9.55 Å². The van der Waals surface area contributed by atoms with Crippen molar-refractivity contribution in [2.24, 2.45) is 7.05 Å². The largest absolute Gasteiger partial charge is 0.398 e. The number of nitrogen functional groups attached to an aromatic ring is 1. The number of imidazole rings is 1. The molecule has 2 N–H and O–H groups in total. The van der Waals surface area contributed by atoms with Crippen molar-refractivity contribution in [3.8, 4) is 0 Å². The summed E-state index contributed by atoms with van der Waals surface area (Å²) in [5.41, 5.74) is 6.33. The van der Waals surface area contributed by atoms with Crippen molar-refractivity contribution in [2.45, 2.75) is 10.1 Å². The minimum atomic E-state index is -0.328. The molecule has 0 aliphatic rings. The van der Waals surface area contributed by atoms with E-state index >= 15 is 0 Å². The maximum Gasteiger partial charge on any atom is 0.172 e. The lowest BCUT2D eigenvalue weighted by atomic mass is 10.3. The van der Waals surface area contributed by atoms with Gasteiger partial charge in [-0.2, -0.15) is 0 Å². The molecule has 0 bridgehead atoms. The molecule has 0 saturated heterocycles. The van der Waals surface area contributed by atoms with E-state index in [9.17, 15) is 4.39 Å². The zero-order valence-corrected chi connectivity index (χ0v) is 10.8. The summed E-state index contributed by atoms with van der Waals surface area (Å²) in [5.74, 6) is -0.328. The maximum atomic E-state index is 13.3. The van der Waals surface area contributed by atoms with Gasteiger partial charge in [-0.3, -0.25) is 0 Å². The van der Waals surface area contributed by atoms with E-state index in [1.807, 2.05) is 17.8 Å². The van der Waals surface area contributed by atoms with Gasteiger partial charge >= 0.3 is 0 Å². The average molecular weight is 302 g/mol. The second kappa shape index (κ2) is 4.47. The van der Waals surface area contributed by atoms with E-state index in [4.69, 9.17) is 5.73 Å². The molecule has 1 aromatic carbocycles. The summed E-state index contributed by atoms with van der Waals surface area (Å²) in [5, 5.41) is 0.772. The van der Waals surface area contributed by atoms with Crippen LogP contribution < -0.4 is 5.73 Å². The standard InChI is InChI=1S/C10H9BrFN3S/c1-15-3-2-14-10(15)16-9-5-7(12)6(11)4-8(9)13/h2-5H,13H2,1H3. The fraction of sp³-hybridized carbons (Fsp3) is 0.100. The third-order valence-corrected chi connectivity index (χ3v) is 3.79. The van der Waals surface area contributed by atoms with Crippen molar-refractivity contribution in [3.63, 3.8) is 0 Å². The van der Waals surface area contributed by atoms with E-state index in [-0.39, 0.29) is 5.82 Å². The van der Waals surface area contributed by atoms with Crippen molar-refractivity contribution in [2.75, 3.05) is 5.73 Å². The van der Waals surface area contributed by atoms with Crippen molar-refractivity contribution in [3.05, 3.63) is 34.8 Å². The second-order valence-corrected chi connectivity index (χ2v) is 5.09. The molecule has 1 heterocycles. The Morgan fingerprint density at radius 1 is 1.50 bits per heavy atom. The highest BCUT2D eigenvalue weighted by Crippen LogP contribution is 2.33. The predicted molar refractivity (Wildman–Crippen MR) is 65.8 cm³/mol. The molecule has 3 nitrogen and oxygen atoms in total. The van der Waals surface area contributed by atoms with E-state index in [1.165, 1.54) is 17.8 Å². The Kier molecular flexibility index (Phi) is 3.20. The molecule has 0 saturated carbocycles. The van der Waals surface area contributed by atoms with Crippen molar-refractivity contribution in [1.29, 1.82) is 0 Å². The molecule has 1 aromatic heterocycles. The summed E-state index contributed by atoms with van der Waals surface area (Å²) in [6, 6.07) is 2.96. The molecule has 0 aliphatic carbocycles. The summed E-state index contributed by atoms with van der Waals surface area (Å²) in [6.07, 6.45) is 3.52. The van der Waals surface area contributed by atoms with Gasteiger partial charge in [-0.1, -0.05) is 0 Å². The summed E-state index contributed by atoms with van der Waals surface area (Å²) in [7, 11) is 1.88. The van der Waals surface area contributed by atoms with E-state index in [0.717, 1.165) is 5.16 Å². The molecular formula is C10H9BrFN3S. The smallest absolute Gasteiger partial charge is 0.172 e. The summed E-state index contributed by atoms with van der Waals surface area (Å²) >= 11 is 4.42. The Bertz CT molecular complexity index is 527. The lowest BCUT2D eigenvalue weighted by Gasteiger charge is -2.06. The first-order valence-electron chi connectivity index (χ1n) is 4.47. The Morgan fingerprint density at radius 2 is 2.25 bits per heavy atom.